The second-order valence-electron chi connectivity index (χ2n) is 4.53. The molecule has 0 aliphatic carbocycles. The zero-order valence-corrected chi connectivity index (χ0v) is 10.9. The highest BCUT2D eigenvalue weighted by Crippen LogP contribution is 2.29. The summed E-state index contributed by atoms with van der Waals surface area (Å²) in [6.07, 6.45) is 3.35. The highest BCUT2D eigenvalue weighted by molar-refractivity contribution is 6.10. The van der Waals surface area contributed by atoms with Crippen molar-refractivity contribution in [2.75, 3.05) is 5.32 Å². The molecule has 5 heteroatoms. The first-order valence-electron chi connectivity index (χ1n) is 6.32. The Morgan fingerprint density at radius 3 is 2.71 bits per heavy atom. The zero-order chi connectivity index (χ0) is 14.8. The van der Waals surface area contributed by atoms with Crippen molar-refractivity contribution in [3.05, 3.63) is 60.4 Å². The van der Waals surface area contributed by atoms with Crippen molar-refractivity contribution in [3.63, 3.8) is 0 Å². The van der Waals surface area contributed by atoms with Gasteiger partial charge in [-0.25, -0.2) is 0 Å². The molecule has 3 N–H and O–H groups in total. The first kappa shape index (κ1) is 12.9. The highest BCUT2D eigenvalue weighted by Gasteiger charge is 2.14. The smallest absolute Gasteiger partial charge is 0.259 e. The molecular formula is C16H12N2O3. The third-order valence-corrected chi connectivity index (χ3v) is 3.19. The lowest BCUT2D eigenvalue weighted by Crippen LogP contribution is -2.12. The van der Waals surface area contributed by atoms with E-state index in [0.29, 0.717) is 5.69 Å². The van der Waals surface area contributed by atoms with Crippen LogP contribution in [-0.2, 0) is 0 Å². The number of fused-ring (bicyclic) bond motifs is 1. The predicted molar refractivity (Wildman–Crippen MR) is 79.5 cm³/mol. The van der Waals surface area contributed by atoms with Crippen molar-refractivity contribution in [1.29, 1.82) is 0 Å². The molecule has 104 valence electrons. The van der Waals surface area contributed by atoms with Crippen LogP contribution in [0.2, 0.25) is 0 Å². The van der Waals surface area contributed by atoms with Gasteiger partial charge < -0.3 is 15.5 Å². The molecule has 0 atom stereocenters. The van der Waals surface area contributed by atoms with E-state index in [9.17, 15) is 15.0 Å². The van der Waals surface area contributed by atoms with Crippen LogP contribution in [0.4, 0.5) is 5.69 Å². The number of aromatic nitrogens is 1. The second-order valence-corrected chi connectivity index (χ2v) is 4.53. The number of amides is 1. The maximum absolute atomic E-state index is 12.2. The van der Waals surface area contributed by atoms with Crippen LogP contribution in [0.15, 0.2) is 54.9 Å². The minimum atomic E-state index is -0.493. The van der Waals surface area contributed by atoms with E-state index in [2.05, 4.69) is 10.3 Å². The van der Waals surface area contributed by atoms with Crippen molar-refractivity contribution < 1.29 is 15.0 Å². The van der Waals surface area contributed by atoms with Crippen LogP contribution in [-0.4, -0.2) is 21.1 Å². The third-order valence-electron chi connectivity index (χ3n) is 3.19. The Balaban J connectivity index is 1.99. The van der Waals surface area contributed by atoms with Crippen LogP contribution in [0.25, 0.3) is 10.8 Å². The van der Waals surface area contributed by atoms with Gasteiger partial charge in [0.05, 0.1) is 5.56 Å². The maximum atomic E-state index is 12.2. The quantitative estimate of drug-likeness (QED) is 0.630. The number of phenols is 2. The molecule has 0 unspecified atom stereocenters. The van der Waals surface area contributed by atoms with Gasteiger partial charge in [-0.05, 0) is 24.3 Å². The van der Waals surface area contributed by atoms with E-state index in [1.807, 2.05) is 12.1 Å². The molecule has 5 nitrogen and oxygen atoms in total. The number of pyridine rings is 1. The van der Waals surface area contributed by atoms with Gasteiger partial charge in [0.2, 0.25) is 0 Å². The van der Waals surface area contributed by atoms with Gasteiger partial charge in [0, 0.05) is 28.9 Å². The fraction of sp³-hybridized carbons (Fsp3) is 0. The van der Waals surface area contributed by atoms with Gasteiger partial charge in [-0.1, -0.05) is 18.2 Å². The normalized spacial score (nSPS) is 10.5. The lowest BCUT2D eigenvalue weighted by molar-refractivity contribution is 0.102. The Kier molecular flexibility index (Phi) is 3.16. The number of nitrogens with one attached hydrogen (secondary N) is 1. The number of para-hydroxylation sites is 1. The maximum Gasteiger partial charge on any atom is 0.259 e. The van der Waals surface area contributed by atoms with Crippen LogP contribution in [0, 0.1) is 0 Å². The first-order valence-corrected chi connectivity index (χ1v) is 6.32. The number of nitrogens with zero attached hydrogens (tertiary/aromatic N) is 1. The van der Waals surface area contributed by atoms with E-state index < -0.39 is 11.7 Å². The summed E-state index contributed by atoms with van der Waals surface area (Å²) in [5.74, 6) is -1.26. The van der Waals surface area contributed by atoms with Crippen molar-refractivity contribution in [2.24, 2.45) is 0 Å². The molecule has 21 heavy (non-hydrogen) atoms. The summed E-state index contributed by atoms with van der Waals surface area (Å²) >= 11 is 0. The Morgan fingerprint density at radius 2 is 1.86 bits per heavy atom. The molecule has 0 aliphatic rings. The monoisotopic (exact) mass is 280 g/mol. The Hall–Kier alpha value is -3.08. The molecule has 0 saturated heterocycles. The molecule has 3 rings (SSSR count). The fourth-order valence-corrected chi connectivity index (χ4v) is 2.14. The van der Waals surface area contributed by atoms with Crippen molar-refractivity contribution in [3.8, 4) is 11.5 Å². The van der Waals surface area contributed by atoms with Crippen molar-refractivity contribution in [2.45, 2.75) is 0 Å². The molecule has 0 bridgehead atoms. The van der Waals surface area contributed by atoms with Gasteiger partial charge in [-0.15, -0.1) is 0 Å². The van der Waals surface area contributed by atoms with E-state index >= 15 is 0 Å². The van der Waals surface area contributed by atoms with E-state index in [4.69, 9.17) is 0 Å². The van der Waals surface area contributed by atoms with E-state index in [0.717, 1.165) is 10.8 Å². The summed E-state index contributed by atoms with van der Waals surface area (Å²) < 4.78 is 0. The molecule has 1 aromatic heterocycles. The Bertz CT molecular complexity index is 825. The molecule has 2 aromatic carbocycles. The molecule has 0 spiro atoms. The number of phenolic OH excluding ortho intramolecular Hbond substituents is 2. The number of anilines is 1. The summed E-state index contributed by atoms with van der Waals surface area (Å²) in [7, 11) is 0. The number of carbonyl (C=O) groups is 1. The van der Waals surface area contributed by atoms with E-state index in [1.165, 1.54) is 18.2 Å². The van der Waals surface area contributed by atoms with E-state index in [-0.39, 0.29) is 11.3 Å². The van der Waals surface area contributed by atoms with Gasteiger partial charge in [0.1, 0.15) is 0 Å². The summed E-state index contributed by atoms with van der Waals surface area (Å²) in [5.41, 5.74) is 0.628. The lowest BCUT2D eigenvalue weighted by Gasteiger charge is -2.10. The Morgan fingerprint density at radius 1 is 1.05 bits per heavy atom. The van der Waals surface area contributed by atoms with Gasteiger partial charge in [-0.2, -0.15) is 0 Å². The SMILES string of the molecule is O=C(Nc1cccc2cnccc12)c1cccc(O)c1O. The minimum absolute atomic E-state index is 0.0149. The molecule has 0 radical (unpaired) electrons. The van der Waals surface area contributed by atoms with Crippen LogP contribution in [0.1, 0.15) is 10.4 Å². The van der Waals surface area contributed by atoms with Crippen LogP contribution in [0.5, 0.6) is 11.5 Å². The summed E-state index contributed by atoms with van der Waals surface area (Å²) in [6, 6.07) is 11.5. The largest absolute Gasteiger partial charge is 0.504 e. The van der Waals surface area contributed by atoms with E-state index in [1.54, 1.807) is 24.5 Å². The fourth-order valence-electron chi connectivity index (χ4n) is 2.14. The molecule has 0 fully saturated rings. The van der Waals surface area contributed by atoms with Crippen LogP contribution >= 0.6 is 0 Å². The molecular weight excluding hydrogens is 268 g/mol. The molecule has 0 aliphatic heterocycles. The average molecular weight is 280 g/mol. The van der Waals surface area contributed by atoms with Gasteiger partial charge in [0.15, 0.2) is 11.5 Å². The number of carbonyl (C=O) groups excluding carboxylic acids is 1. The molecule has 3 aromatic rings. The van der Waals surface area contributed by atoms with Gasteiger partial charge >= 0.3 is 0 Å². The molecule has 1 amide bonds. The topological polar surface area (TPSA) is 82.5 Å². The third kappa shape index (κ3) is 2.36. The predicted octanol–water partition coefficient (Wildman–Crippen LogP) is 2.90. The number of benzene rings is 2. The van der Waals surface area contributed by atoms with Crippen LogP contribution in [0.3, 0.4) is 0 Å². The van der Waals surface area contributed by atoms with Crippen LogP contribution < -0.4 is 5.32 Å². The Labute approximate surface area is 120 Å². The number of hydrogen-bond donors (Lipinski definition) is 3. The van der Waals surface area contributed by atoms with Crippen molar-refractivity contribution in [1.82, 2.24) is 4.98 Å². The highest BCUT2D eigenvalue weighted by atomic mass is 16.3. The number of hydrogen-bond acceptors (Lipinski definition) is 4. The minimum Gasteiger partial charge on any atom is -0.504 e. The summed E-state index contributed by atoms with van der Waals surface area (Å²) in [6.45, 7) is 0. The number of rotatable bonds is 2. The lowest BCUT2D eigenvalue weighted by atomic mass is 10.1. The zero-order valence-electron chi connectivity index (χ0n) is 10.9. The molecule has 1 heterocycles. The first-order chi connectivity index (χ1) is 10.2. The number of aromatic hydroxyl groups is 2. The average Bonchev–Trinajstić information content (AvgIpc) is 2.50. The standard InChI is InChI=1S/C16H12N2O3/c19-14-6-2-4-12(15(14)20)16(21)18-13-5-1-3-10-9-17-8-7-11(10)13/h1-9,19-20H,(H,18,21). The van der Waals surface area contributed by atoms with Gasteiger partial charge in [0.25, 0.3) is 5.91 Å². The summed E-state index contributed by atoms with van der Waals surface area (Å²) in [4.78, 5) is 16.3. The van der Waals surface area contributed by atoms with Crippen molar-refractivity contribution >= 4 is 22.4 Å². The molecule has 0 saturated carbocycles. The summed E-state index contributed by atoms with van der Waals surface area (Å²) in [5, 5.41) is 23.7. The second kappa shape index (κ2) is 5.13. The van der Waals surface area contributed by atoms with Gasteiger partial charge in [-0.3, -0.25) is 9.78 Å².